The molecule has 1 aliphatic rings. The largest absolute Gasteiger partial charge is 0.532 e. The average Bonchev–Trinajstić information content (AvgIpc) is 2.47. The van der Waals surface area contributed by atoms with Gasteiger partial charge in [-0.15, -0.1) is 0 Å². The maximum atomic E-state index is 6.12. The van der Waals surface area contributed by atoms with Crippen LogP contribution in [0, 0.1) is 0 Å². The molecule has 0 aliphatic carbocycles. The molecular formula is C17H24BrNO3Si. The highest BCUT2D eigenvalue weighted by atomic mass is 79.9. The number of aliphatic imine (C=N–C) groups is 1. The van der Waals surface area contributed by atoms with Crippen LogP contribution in [-0.4, -0.2) is 33.8 Å². The fraction of sp³-hybridized carbons (Fsp3) is 0.471. The van der Waals surface area contributed by atoms with E-state index in [1.807, 2.05) is 18.2 Å². The molecule has 1 heterocycles. The normalized spacial score (nSPS) is 16.5. The van der Waals surface area contributed by atoms with E-state index in [2.05, 4.69) is 47.1 Å². The van der Waals surface area contributed by atoms with Crippen LogP contribution in [0.1, 0.15) is 18.4 Å². The lowest BCUT2D eigenvalue weighted by Crippen LogP contribution is -2.26. The van der Waals surface area contributed by atoms with Crippen molar-refractivity contribution in [3.8, 4) is 5.75 Å². The molecule has 1 aromatic carbocycles. The first-order valence-corrected chi connectivity index (χ1v) is 12.0. The van der Waals surface area contributed by atoms with E-state index in [9.17, 15) is 0 Å². The predicted molar refractivity (Wildman–Crippen MR) is 99.8 cm³/mol. The number of ether oxygens (including phenoxy) is 2. The number of benzene rings is 1. The van der Waals surface area contributed by atoms with Gasteiger partial charge in [-0.25, -0.2) is 4.99 Å². The maximum absolute atomic E-state index is 6.12. The van der Waals surface area contributed by atoms with Gasteiger partial charge in [0.1, 0.15) is 11.9 Å². The summed E-state index contributed by atoms with van der Waals surface area (Å²) in [6.45, 7) is 11.7. The molecule has 0 saturated carbocycles. The monoisotopic (exact) mass is 397 g/mol. The minimum absolute atomic E-state index is 0.193. The molecule has 0 amide bonds. The van der Waals surface area contributed by atoms with Gasteiger partial charge < -0.3 is 13.9 Å². The van der Waals surface area contributed by atoms with Gasteiger partial charge in [-0.2, -0.15) is 0 Å². The Kier molecular flexibility index (Phi) is 6.44. The van der Waals surface area contributed by atoms with E-state index in [-0.39, 0.29) is 6.10 Å². The van der Waals surface area contributed by atoms with Gasteiger partial charge in [-0.3, -0.25) is 0 Å². The molecule has 126 valence electrons. The second kappa shape index (κ2) is 8.12. The van der Waals surface area contributed by atoms with E-state index in [1.54, 1.807) is 6.21 Å². The summed E-state index contributed by atoms with van der Waals surface area (Å²) in [5.41, 5.74) is 0.909. The number of hydrogen-bond donors (Lipinski definition) is 0. The van der Waals surface area contributed by atoms with Gasteiger partial charge in [0, 0.05) is 29.1 Å². The summed E-state index contributed by atoms with van der Waals surface area (Å²) in [5.74, 6) is 1.27. The molecular weight excluding hydrogens is 374 g/mol. The van der Waals surface area contributed by atoms with Crippen molar-refractivity contribution in [3.63, 3.8) is 0 Å². The number of nitrogens with zero attached hydrogens (tertiary/aromatic N) is 1. The highest BCUT2D eigenvalue weighted by Gasteiger charge is 2.18. The van der Waals surface area contributed by atoms with Crippen LogP contribution >= 0.6 is 15.9 Å². The van der Waals surface area contributed by atoms with Crippen molar-refractivity contribution in [3.05, 3.63) is 40.7 Å². The smallest absolute Gasteiger partial charge is 0.244 e. The average molecular weight is 398 g/mol. The van der Waals surface area contributed by atoms with Crippen molar-refractivity contribution in [1.29, 1.82) is 0 Å². The Morgan fingerprint density at radius 1 is 1.35 bits per heavy atom. The second-order valence-electron chi connectivity index (χ2n) is 6.48. The molecule has 1 saturated heterocycles. The highest BCUT2D eigenvalue weighted by Crippen LogP contribution is 2.25. The number of rotatable bonds is 6. The lowest BCUT2D eigenvalue weighted by molar-refractivity contribution is 0.0255. The van der Waals surface area contributed by atoms with Gasteiger partial charge in [-0.05, 0) is 44.4 Å². The third-order valence-corrected chi connectivity index (χ3v) is 4.55. The minimum atomic E-state index is -1.69. The Morgan fingerprint density at radius 3 is 2.70 bits per heavy atom. The fourth-order valence-corrected chi connectivity index (χ4v) is 3.36. The Morgan fingerprint density at radius 2 is 2.04 bits per heavy atom. The van der Waals surface area contributed by atoms with E-state index in [0.717, 1.165) is 41.8 Å². The van der Waals surface area contributed by atoms with Gasteiger partial charge in [-0.1, -0.05) is 15.9 Å². The molecule has 1 aliphatic heterocycles. The van der Waals surface area contributed by atoms with Crippen LogP contribution in [0.15, 0.2) is 40.1 Å². The third kappa shape index (κ3) is 6.49. The molecule has 1 aromatic rings. The highest BCUT2D eigenvalue weighted by molar-refractivity contribution is 9.10. The van der Waals surface area contributed by atoms with E-state index < -0.39 is 8.32 Å². The van der Waals surface area contributed by atoms with Crippen LogP contribution in [0.5, 0.6) is 5.75 Å². The lowest BCUT2D eigenvalue weighted by atomic mass is 10.1. The fourth-order valence-electron chi connectivity index (χ4n) is 2.22. The summed E-state index contributed by atoms with van der Waals surface area (Å²) in [7, 11) is -1.69. The first-order chi connectivity index (χ1) is 10.8. The van der Waals surface area contributed by atoms with E-state index in [4.69, 9.17) is 13.9 Å². The summed E-state index contributed by atoms with van der Waals surface area (Å²) >= 11 is 3.49. The summed E-state index contributed by atoms with van der Waals surface area (Å²) < 4.78 is 18.2. The first kappa shape index (κ1) is 18.2. The number of hydrogen-bond acceptors (Lipinski definition) is 4. The molecule has 23 heavy (non-hydrogen) atoms. The Bertz CT molecular complexity index is 578. The standard InChI is InChI=1S/C17H24BrNO3Si/c1-13(22-23(2,3)4)19-12-14-11-15(18)5-6-17(14)21-16-7-9-20-10-8-16/h5-6,11-12,16H,1,7-10H2,2-4H3/b19-12+. The molecule has 0 radical (unpaired) electrons. The lowest BCUT2D eigenvalue weighted by Gasteiger charge is -2.24. The van der Waals surface area contributed by atoms with Crippen LogP contribution in [0.4, 0.5) is 0 Å². The second-order valence-corrected chi connectivity index (χ2v) is 11.8. The zero-order valence-electron chi connectivity index (χ0n) is 14.0. The molecule has 0 N–H and O–H groups in total. The van der Waals surface area contributed by atoms with Crippen molar-refractivity contribution in [2.75, 3.05) is 13.2 Å². The van der Waals surface area contributed by atoms with Gasteiger partial charge in [0.25, 0.3) is 0 Å². The van der Waals surface area contributed by atoms with Crippen LogP contribution in [-0.2, 0) is 9.16 Å². The molecule has 0 aromatic heterocycles. The van der Waals surface area contributed by atoms with Gasteiger partial charge in [0.15, 0.2) is 5.88 Å². The zero-order valence-corrected chi connectivity index (χ0v) is 16.6. The van der Waals surface area contributed by atoms with Crippen LogP contribution in [0.3, 0.4) is 0 Å². The van der Waals surface area contributed by atoms with Crippen molar-refractivity contribution in [2.24, 2.45) is 4.99 Å². The van der Waals surface area contributed by atoms with Gasteiger partial charge in [0.05, 0.1) is 13.2 Å². The molecule has 2 rings (SSSR count). The number of halogens is 1. The van der Waals surface area contributed by atoms with E-state index >= 15 is 0 Å². The quantitative estimate of drug-likeness (QED) is 0.395. The molecule has 0 atom stereocenters. The van der Waals surface area contributed by atoms with Crippen molar-refractivity contribution in [2.45, 2.75) is 38.6 Å². The Balaban J connectivity index is 2.10. The van der Waals surface area contributed by atoms with Crippen LogP contribution in [0.25, 0.3) is 0 Å². The molecule has 0 unspecified atom stereocenters. The van der Waals surface area contributed by atoms with Crippen molar-refractivity contribution < 1.29 is 13.9 Å². The molecule has 0 spiro atoms. The molecule has 6 heteroatoms. The Labute approximate surface area is 147 Å². The topological polar surface area (TPSA) is 40.0 Å². The minimum Gasteiger partial charge on any atom is -0.532 e. The zero-order chi connectivity index (χ0) is 16.9. The van der Waals surface area contributed by atoms with Gasteiger partial charge in [0.2, 0.25) is 8.32 Å². The van der Waals surface area contributed by atoms with Crippen LogP contribution in [0.2, 0.25) is 19.6 Å². The summed E-state index contributed by atoms with van der Waals surface area (Å²) in [4.78, 5) is 4.34. The summed E-state index contributed by atoms with van der Waals surface area (Å²) in [5, 5.41) is 0. The summed E-state index contributed by atoms with van der Waals surface area (Å²) in [6, 6.07) is 5.92. The van der Waals surface area contributed by atoms with Gasteiger partial charge >= 0.3 is 0 Å². The van der Waals surface area contributed by atoms with E-state index in [0.29, 0.717) is 5.88 Å². The molecule has 0 bridgehead atoms. The van der Waals surface area contributed by atoms with E-state index in [1.165, 1.54) is 0 Å². The van der Waals surface area contributed by atoms with Crippen molar-refractivity contribution >= 4 is 30.5 Å². The Hall–Kier alpha value is -1.11. The molecule has 1 fully saturated rings. The predicted octanol–water partition coefficient (Wildman–Crippen LogP) is 4.75. The first-order valence-electron chi connectivity index (χ1n) is 7.79. The van der Waals surface area contributed by atoms with Crippen LogP contribution < -0.4 is 4.74 Å². The third-order valence-electron chi connectivity index (χ3n) is 3.21. The maximum Gasteiger partial charge on any atom is 0.244 e. The summed E-state index contributed by atoms with van der Waals surface area (Å²) in [6.07, 6.45) is 3.77. The SMILES string of the molecule is C=C(/N=C/c1cc(Br)ccc1OC1CCOCC1)O[Si](C)(C)C. The van der Waals surface area contributed by atoms with Crippen molar-refractivity contribution in [1.82, 2.24) is 0 Å². The molecule has 4 nitrogen and oxygen atoms in total.